The van der Waals surface area contributed by atoms with E-state index in [1.54, 1.807) is 0 Å². The van der Waals surface area contributed by atoms with Crippen LogP contribution in [0.15, 0.2) is 24.3 Å². The first-order valence-electron chi connectivity index (χ1n) is 7.99. The summed E-state index contributed by atoms with van der Waals surface area (Å²) in [5.41, 5.74) is 2.63. The molecule has 0 aromatic heterocycles. The van der Waals surface area contributed by atoms with Crippen molar-refractivity contribution in [2.45, 2.75) is 32.4 Å². The molecule has 2 atom stereocenters. The average molecular weight is 292 g/mol. The molecule has 0 bridgehead atoms. The van der Waals surface area contributed by atoms with E-state index < -0.39 is 0 Å². The van der Waals surface area contributed by atoms with Crippen LogP contribution >= 0.6 is 0 Å². The van der Waals surface area contributed by atoms with Gasteiger partial charge < -0.3 is 15.2 Å². The van der Waals surface area contributed by atoms with E-state index in [9.17, 15) is 5.11 Å². The quantitative estimate of drug-likeness (QED) is 0.801. The predicted molar refractivity (Wildman–Crippen MR) is 85.5 cm³/mol. The summed E-state index contributed by atoms with van der Waals surface area (Å²) in [5.74, 6) is 0. The minimum absolute atomic E-state index is 0.259. The molecule has 2 rings (SSSR count). The molecule has 2 unspecified atom stereocenters. The minimum Gasteiger partial charge on any atom is -0.390 e. The molecular formula is C17H28N2O2. The van der Waals surface area contributed by atoms with Crippen molar-refractivity contribution < 1.29 is 9.84 Å². The fraction of sp³-hybridized carbons (Fsp3) is 0.647. The Hall–Kier alpha value is -0.940. The summed E-state index contributed by atoms with van der Waals surface area (Å²) in [6.45, 7) is 9.05. The van der Waals surface area contributed by atoms with Crippen LogP contribution in [0.1, 0.15) is 31.0 Å². The van der Waals surface area contributed by atoms with Gasteiger partial charge in [0, 0.05) is 32.2 Å². The van der Waals surface area contributed by atoms with Crippen molar-refractivity contribution in [1.29, 1.82) is 0 Å². The average Bonchev–Trinajstić information content (AvgIpc) is 2.53. The number of rotatable bonds is 7. The number of nitrogens with one attached hydrogen (secondary N) is 1. The molecule has 0 spiro atoms. The fourth-order valence-corrected chi connectivity index (χ4v) is 2.62. The van der Waals surface area contributed by atoms with Crippen LogP contribution in [0.2, 0.25) is 0 Å². The van der Waals surface area contributed by atoms with E-state index >= 15 is 0 Å². The number of aryl methyl sites for hydroxylation is 1. The van der Waals surface area contributed by atoms with Crippen molar-refractivity contribution in [1.82, 2.24) is 10.2 Å². The molecule has 1 aromatic rings. The SMILES string of the molecule is CCc1ccc(C(C)NCC(O)CN2CCOCC2)cc1. The van der Waals surface area contributed by atoms with E-state index in [4.69, 9.17) is 4.74 Å². The van der Waals surface area contributed by atoms with Gasteiger partial charge in [0.1, 0.15) is 0 Å². The van der Waals surface area contributed by atoms with Crippen molar-refractivity contribution >= 4 is 0 Å². The molecule has 1 fully saturated rings. The van der Waals surface area contributed by atoms with Gasteiger partial charge in [-0.25, -0.2) is 0 Å². The third kappa shape index (κ3) is 5.40. The second-order valence-corrected chi connectivity index (χ2v) is 5.79. The molecule has 0 aliphatic carbocycles. The number of β-amino-alcohol motifs (C(OH)–C–C–N with tert-alkyl or cyclic N) is 1. The van der Waals surface area contributed by atoms with E-state index in [1.807, 2.05) is 0 Å². The summed E-state index contributed by atoms with van der Waals surface area (Å²) in [6, 6.07) is 8.96. The van der Waals surface area contributed by atoms with E-state index in [-0.39, 0.29) is 12.1 Å². The zero-order valence-electron chi connectivity index (χ0n) is 13.2. The van der Waals surface area contributed by atoms with Gasteiger partial charge in [-0.15, -0.1) is 0 Å². The highest BCUT2D eigenvalue weighted by Crippen LogP contribution is 2.13. The number of hydrogen-bond donors (Lipinski definition) is 2. The largest absolute Gasteiger partial charge is 0.390 e. The first-order chi connectivity index (χ1) is 10.2. The van der Waals surface area contributed by atoms with Gasteiger partial charge in [-0.3, -0.25) is 4.90 Å². The lowest BCUT2D eigenvalue weighted by molar-refractivity contribution is 0.0145. The predicted octanol–water partition coefficient (Wildman–Crippen LogP) is 1.59. The molecular weight excluding hydrogens is 264 g/mol. The number of aliphatic hydroxyl groups is 1. The van der Waals surface area contributed by atoms with Crippen molar-refractivity contribution in [2.24, 2.45) is 0 Å². The Bertz CT molecular complexity index is 402. The van der Waals surface area contributed by atoms with Gasteiger partial charge in [-0.2, -0.15) is 0 Å². The minimum atomic E-state index is -0.333. The molecule has 0 radical (unpaired) electrons. The standard InChI is InChI=1S/C17H28N2O2/c1-3-15-4-6-16(7-5-15)14(2)18-12-17(20)13-19-8-10-21-11-9-19/h4-7,14,17-18,20H,3,8-13H2,1-2H3. The molecule has 1 saturated heterocycles. The molecule has 1 aliphatic heterocycles. The number of aliphatic hydroxyl groups excluding tert-OH is 1. The highest BCUT2D eigenvalue weighted by molar-refractivity contribution is 5.24. The third-order valence-corrected chi connectivity index (χ3v) is 4.12. The summed E-state index contributed by atoms with van der Waals surface area (Å²) in [4.78, 5) is 2.26. The maximum absolute atomic E-state index is 10.1. The summed E-state index contributed by atoms with van der Waals surface area (Å²) in [5, 5.41) is 13.6. The second-order valence-electron chi connectivity index (χ2n) is 5.79. The van der Waals surface area contributed by atoms with Gasteiger partial charge in [0.05, 0.1) is 19.3 Å². The first kappa shape index (κ1) is 16.4. The van der Waals surface area contributed by atoms with E-state index in [1.165, 1.54) is 11.1 Å². The van der Waals surface area contributed by atoms with Gasteiger partial charge in [0.2, 0.25) is 0 Å². The van der Waals surface area contributed by atoms with Crippen LogP contribution in [-0.2, 0) is 11.2 Å². The molecule has 0 saturated carbocycles. The Morgan fingerprint density at radius 3 is 2.52 bits per heavy atom. The van der Waals surface area contributed by atoms with E-state index in [0.29, 0.717) is 6.54 Å². The zero-order valence-corrected chi connectivity index (χ0v) is 13.2. The van der Waals surface area contributed by atoms with Crippen molar-refractivity contribution in [3.8, 4) is 0 Å². The van der Waals surface area contributed by atoms with Crippen molar-refractivity contribution in [3.05, 3.63) is 35.4 Å². The van der Waals surface area contributed by atoms with Crippen LogP contribution in [0.25, 0.3) is 0 Å². The maximum Gasteiger partial charge on any atom is 0.0791 e. The van der Waals surface area contributed by atoms with E-state index in [2.05, 4.69) is 48.3 Å². The number of benzene rings is 1. The molecule has 118 valence electrons. The Morgan fingerprint density at radius 1 is 1.24 bits per heavy atom. The van der Waals surface area contributed by atoms with Gasteiger partial charge >= 0.3 is 0 Å². The number of hydrogen-bond acceptors (Lipinski definition) is 4. The van der Waals surface area contributed by atoms with Crippen LogP contribution < -0.4 is 5.32 Å². The van der Waals surface area contributed by atoms with Crippen LogP contribution in [0.3, 0.4) is 0 Å². The molecule has 4 nitrogen and oxygen atoms in total. The van der Waals surface area contributed by atoms with Gasteiger partial charge in [0.25, 0.3) is 0 Å². The van der Waals surface area contributed by atoms with Gasteiger partial charge in [0.15, 0.2) is 0 Å². The molecule has 1 aliphatic rings. The number of nitrogens with zero attached hydrogens (tertiary/aromatic N) is 1. The molecule has 4 heteroatoms. The highest BCUT2D eigenvalue weighted by atomic mass is 16.5. The molecule has 1 heterocycles. The van der Waals surface area contributed by atoms with Crippen molar-refractivity contribution in [2.75, 3.05) is 39.4 Å². The Kier molecular flexibility index (Phi) is 6.64. The van der Waals surface area contributed by atoms with E-state index in [0.717, 1.165) is 39.3 Å². The smallest absolute Gasteiger partial charge is 0.0791 e. The lowest BCUT2D eigenvalue weighted by atomic mass is 10.0. The van der Waals surface area contributed by atoms with Crippen LogP contribution in [0.5, 0.6) is 0 Å². The summed E-state index contributed by atoms with van der Waals surface area (Å²) in [6.07, 6.45) is 0.737. The lowest BCUT2D eigenvalue weighted by Gasteiger charge is -2.29. The van der Waals surface area contributed by atoms with Crippen LogP contribution in [0, 0.1) is 0 Å². The maximum atomic E-state index is 10.1. The number of morpholine rings is 1. The summed E-state index contributed by atoms with van der Waals surface area (Å²) in [7, 11) is 0. The van der Waals surface area contributed by atoms with Gasteiger partial charge in [-0.1, -0.05) is 31.2 Å². The first-order valence-corrected chi connectivity index (χ1v) is 7.99. The third-order valence-electron chi connectivity index (χ3n) is 4.12. The second kappa shape index (κ2) is 8.49. The Balaban J connectivity index is 1.72. The molecule has 0 amide bonds. The van der Waals surface area contributed by atoms with Crippen molar-refractivity contribution in [3.63, 3.8) is 0 Å². The van der Waals surface area contributed by atoms with Gasteiger partial charge in [-0.05, 0) is 24.5 Å². The Morgan fingerprint density at radius 2 is 1.90 bits per heavy atom. The summed E-state index contributed by atoms with van der Waals surface area (Å²) >= 11 is 0. The van der Waals surface area contributed by atoms with Crippen LogP contribution in [0.4, 0.5) is 0 Å². The summed E-state index contributed by atoms with van der Waals surface area (Å²) < 4.78 is 5.32. The number of ether oxygens (including phenoxy) is 1. The molecule has 1 aromatic carbocycles. The Labute approximate surface area is 128 Å². The fourth-order valence-electron chi connectivity index (χ4n) is 2.62. The molecule has 21 heavy (non-hydrogen) atoms. The zero-order chi connectivity index (χ0) is 15.1. The topological polar surface area (TPSA) is 44.7 Å². The normalized spacial score (nSPS) is 19.4. The monoisotopic (exact) mass is 292 g/mol. The molecule has 2 N–H and O–H groups in total. The highest BCUT2D eigenvalue weighted by Gasteiger charge is 2.15. The lowest BCUT2D eigenvalue weighted by Crippen LogP contribution is -2.44. The van der Waals surface area contributed by atoms with Crippen LogP contribution in [-0.4, -0.2) is 55.5 Å².